The Bertz CT molecular complexity index is 372. The Hall–Kier alpha value is -1.12. The van der Waals surface area contributed by atoms with E-state index in [1.54, 1.807) is 10.9 Å². The van der Waals surface area contributed by atoms with Crippen LogP contribution in [0.4, 0.5) is 0 Å². The maximum absolute atomic E-state index is 12.0. The number of hydrogen-bond donors (Lipinski definition) is 0. The third-order valence-electron chi connectivity index (χ3n) is 3.60. The maximum atomic E-state index is 12.0. The fourth-order valence-electron chi connectivity index (χ4n) is 2.71. The van der Waals surface area contributed by atoms with Crippen LogP contribution in [0, 0.1) is 17.8 Å². The van der Waals surface area contributed by atoms with Crippen molar-refractivity contribution in [3.8, 4) is 0 Å². The summed E-state index contributed by atoms with van der Waals surface area (Å²) in [5.74, 6) is 2.36. The Kier molecular flexibility index (Phi) is 1.58. The molecule has 1 heterocycles. The minimum Gasteiger partial charge on any atom is -0.294 e. The van der Waals surface area contributed by atoms with Crippen LogP contribution in [0.1, 0.15) is 29.6 Å². The molecule has 2 aliphatic rings. The largest absolute Gasteiger partial charge is 0.294 e. The first-order valence-electron chi connectivity index (χ1n) is 5.27. The van der Waals surface area contributed by atoms with Gasteiger partial charge < -0.3 is 0 Å². The molecule has 2 unspecified atom stereocenters. The van der Waals surface area contributed by atoms with Gasteiger partial charge >= 0.3 is 0 Å². The second kappa shape index (κ2) is 2.69. The number of ketones is 1. The van der Waals surface area contributed by atoms with E-state index in [0.29, 0.717) is 11.7 Å². The summed E-state index contributed by atoms with van der Waals surface area (Å²) in [4.78, 5) is 12.0. The van der Waals surface area contributed by atoms with Gasteiger partial charge in [-0.1, -0.05) is 0 Å². The Morgan fingerprint density at radius 2 is 2.14 bits per heavy atom. The molecule has 2 saturated carbocycles. The van der Waals surface area contributed by atoms with Crippen molar-refractivity contribution in [2.24, 2.45) is 24.8 Å². The SMILES string of the molecule is Cn1cc(C(=O)C2CC3CC3C2)cn1. The molecule has 0 aromatic carbocycles. The minimum absolute atomic E-state index is 0.294. The molecule has 0 aliphatic heterocycles. The van der Waals surface area contributed by atoms with E-state index >= 15 is 0 Å². The first-order valence-corrected chi connectivity index (χ1v) is 5.27. The number of aromatic nitrogens is 2. The standard InChI is InChI=1S/C11H14N2O/c1-13-6-10(5-12-13)11(14)9-3-7-2-8(7)4-9/h5-9H,2-4H2,1H3. The lowest BCUT2D eigenvalue weighted by atomic mass is 9.95. The number of nitrogens with zero attached hydrogens (tertiary/aromatic N) is 2. The van der Waals surface area contributed by atoms with Crippen LogP contribution < -0.4 is 0 Å². The average Bonchev–Trinajstić information content (AvgIpc) is 2.64. The molecular formula is C11H14N2O. The molecule has 0 amide bonds. The van der Waals surface area contributed by atoms with Gasteiger partial charge in [0.1, 0.15) is 0 Å². The highest BCUT2D eigenvalue weighted by molar-refractivity contribution is 5.97. The van der Waals surface area contributed by atoms with E-state index in [2.05, 4.69) is 5.10 Å². The molecule has 1 aromatic heterocycles. The lowest BCUT2D eigenvalue weighted by Gasteiger charge is -2.07. The summed E-state index contributed by atoms with van der Waals surface area (Å²) in [6.07, 6.45) is 7.13. The van der Waals surface area contributed by atoms with Crippen LogP contribution in [0.25, 0.3) is 0 Å². The molecule has 2 fully saturated rings. The van der Waals surface area contributed by atoms with Gasteiger partial charge in [0.25, 0.3) is 0 Å². The molecule has 2 aliphatic carbocycles. The zero-order chi connectivity index (χ0) is 9.71. The van der Waals surface area contributed by atoms with Gasteiger partial charge in [-0.3, -0.25) is 9.48 Å². The Morgan fingerprint density at radius 1 is 1.43 bits per heavy atom. The van der Waals surface area contributed by atoms with Crippen molar-refractivity contribution in [1.82, 2.24) is 9.78 Å². The highest BCUT2D eigenvalue weighted by Crippen LogP contribution is 2.54. The molecule has 0 radical (unpaired) electrons. The van der Waals surface area contributed by atoms with Crippen molar-refractivity contribution in [2.75, 3.05) is 0 Å². The summed E-state index contributed by atoms with van der Waals surface area (Å²) in [5.41, 5.74) is 0.791. The number of Topliss-reactive ketones (excluding diaryl/α,β-unsaturated/α-hetero) is 1. The third kappa shape index (κ3) is 1.19. The fourth-order valence-corrected chi connectivity index (χ4v) is 2.71. The molecule has 1 aromatic rings. The van der Waals surface area contributed by atoms with Crippen molar-refractivity contribution < 1.29 is 4.79 Å². The van der Waals surface area contributed by atoms with Crippen molar-refractivity contribution >= 4 is 5.78 Å². The summed E-state index contributed by atoms with van der Waals surface area (Å²) < 4.78 is 1.70. The van der Waals surface area contributed by atoms with Crippen LogP contribution in [0.15, 0.2) is 12.4 Å². The Balaban J connectivity index is 1.76. The molecule has 3 rings (SSSR count). The first kappa shape index (κ1) is 8.21. The number of carbonyl (C=O) groups excluding carboxylic acids is 1. The van der Waals surface area contributed by atoms with E-state index in [9.17, 15) is 4.79 Å². The summed E-state index contributed by atoms with van der Waals surface area (Å²) in [6, 6.07) is 0. The van der Waals surface area contributed by atoms with Gasteiger partial charge in [0.05, 0.1) is 11.8 Å². The van der Waals surface area contributed by atoms with Gasteiger partial charge in [0, 0.05) is 19.2 Å². The number of aryl methyl sites for hydroxylation is 1. The number of fused-ring (bicyclic) bond motifs is 1. The van der Waals surface area contributed by atoms with Crippen molar-refractivity contribution in [1.29, 1.82) is 0 Å². The van der Waals surface area contributed by atoms with E-state index in [4.69, 9.17) is 0 Å². The van der Waals surface area contributed by atoms with Gasteiger partial charge in [-0.15, -0.1) is 0 Å². The second-order valence-electron chi connectivity index (χ2n) is 4.69. The fraction of sp³-hybridized carbons (Fsp3) is 0.636. The third-order valence-corrected chi connectivity index (χ3v) is 3.60. The van der Waals surface area contributed by atoms with Gasteiger partial charge in [0.2, 0.25) is 0 Å². The lowest BCUT2D eigenvalue weighted by Crippen LogP contribution is -2.12. The zero-order valence-corrected chi connectivity index (χ0v) is 8.31. The summed E-state index contributed by atoms with van der Waals surface area (Å²) in [5, 5.41) is 4.04. The van der Waals surface area contributed by atoms with Gasteiger partial charge in [-0.2, -0.15) is 5.10 Å². The second-order valence-corrected chi connectivity index (χ2v) is 4.69. The molecule has 74 valence electrons. The van der Waals surface area contributed by atoms with Crippen LogP contribution in [0.5, 0.6) is 0 Å². The van der Waals surface area contributed by atoms with Gasteiger partial charge in [-0.25, -0.2) is 0 Å². The highest BCUT2D eigenvalue weighted by Gasteiger charge is 2.48. The molecule has 14 heavy (non-hydrogen) atoms. The summed E-state index contributed by atoms with van der Waals surface area (Å²) in [7, 11) is 1.85. The van der Waals surface area contributed by atoms with Crippen LogP contribution in [-0.2, 0) is 7.05 Å². The quantitative estimate of drug-likeness (QED) is 0.664. The van der Waals surface area contributed by atoms with Gasteiger partial charge in [0.15, 0.2) is 5.78 Å². The van der Waals surface area contributed by atoms with E-state index in [1.165, 1.54) is 6.42 Å². The van der Waals surface area contributed by atoms with Crippen LogP contribution in [0.3, 0.4) is 0 Å². The normalized spacial score (nSPS) is 34.2. The number of hydrogen-bond acceptors (Lipinski definition) is 2. The lowest BCUT2D eigenvalue weighted by molar-refractivity contribution is 0.0914. The monoisotopic (exact) mass is 190 g/mol. The van der Waals surface area contributed by atoms with Crippen LogP contribution in [0.2, 0.25) is 0 Å². The van der Waals surface area contributed by atoms with E-state index in [0.717, 1.165) is 30.2 Å². The summed E-state index contributed by atoms with van der Waals surface area (Å²) >= 11 is 0. The predicted molar refractivity (Wildman–Crippen MR) is 51.9 cm³/mol. The highest BCUT2D eigenvalue weighted by atomic mass is 16.1. The molecule has 3 heteroatoms. The van der Waals surface area contributed by atoms with Gasteiger partial charge in [-0.05, 0) is 31.1 Å². The van der Waals surface area contributed by atoms with E-state index in [-0.39, 0.29) is 0 Å². The predicted octanol–water partition coefficient (Wildman–Crippen LogP) is 1.65. The first-order chi connectivity index (χ1) is 6.74. The smallest absolute Gasteiger partial charge is 0.169 e. The maximum Gasteiger partial charge on any atom is 0.169 e. The van der Waals surface area contributed by atoms with E-state index in [1.807, 2.05) is 13.2 Å². The average molecular weight is 190 g/mol. The molecule has 0 bridgehead atoms. The molecule has 0 saturated heterocycles. The van der Waals surface area contributed by atoms with Crippen molar-refractivity contribution in [3.63, 3.8) is 0 Å². The van der Waals surface area contributed by atoms with Crippen molar-refractivity contribution in [2.45, 2.75) is 19.3 Å². The Labute approximate surface area is 83.1 Å². The van der Waals surface area contributed by atoms with Crippen LogP contribution >= 0.6 is 0 Å². The molecule has 2 atom stereocenters. The number of rotatable bonds is 2. The molecule has 3 nitrogen and oxygen atoms in total. The zero-order valence-electron chi connectivity index (χ0n) is 8.31. The molecule has 0 N–H and O–H groups in total. The van der Waals surface area contributed by atoms with Crippen molar-refractivity contribution in [3.05, 3.63) is 18.0 Å². The molecular weight excluding hydrogens is 176 g/mol. The van der Waals surface area contributed by atoms with E-state index < -0.39 is 0 Å². The molecule has 0 spiro atoms. The van der Waals surface area contributed by atoms with Crippen LogP contribution in [-0.4, -0.2) is 15.6 Å². The minimum atomic E-state index is 0.294. The Morgan fingerprint density at radius 3 is 2.71 bits per heavy atom. The summed E-state index contributed by atoms with van der Waals surface area (Å²) in [6.45, 7) is 0. The topological polar surface area (TPSA) is 34.9 Å². The number of carbonyl (C=O) groups is 1.